The van der Waals surface area contributed by atoms with Gasteiger partial charge in [0.2, 0.25) is 0 Å². The van der Waals surface area contributed by atoms with Crippen LogP contribution in [-0.4, -0.2) is 12.3 Å². The van der Waals surface area contributed by atoms with E-state index in [2.05, 4.69) is 6.92 Å². The fourth-order valence-electron chi connectivity index (χ4n) is 1.47. The number of halogens is 2. The molecule has 0 amide bonds. The molecular weight excluding hydrogens is 271 g/mol. The molecule has 0 fully saturated rings. The molecule has 1 nitrogen and oxygen atoms in total. The average molecular weight is 291 g/mol. The third-order valence-corrected chi connectivity index (χ3v) is 6.38. The van der Waals surface area contributed by atoms with Crippen LogP contribution in [0.25, 0.3) is 0 Å². The zero-order chi connectivity index (χ0) is 13.3. The van der Waals surface area contributed by atoms with E-state index in [0.29, 0.717) is 0 Å². The molecule has 0 spiro atoms. The van der Waals surface area contributed by atoms with Crippen molar-refractivity contribution in [1.29, 1.82) is 0 Å². The van der Waals surface area contributed by atoms with Gasteiger partial charge in [0.25, 0.3) is 6.69 Å². The molecule has 0 radical (unpaired) electrons. The Balaban J connectivity index is 2.82. The molecule has 0 saturated carbocycles. The van der Waals surface area contributed by atoms with E-state index in [0.717, 1.165) is 5.75 Å². The Kier molecular flexibility index (Phi) is 4.56. The van der Waals surface area contributed by atoms with Crippen LogP contribution in [0, 0.1) is 0 Å². The van der Waals surface area contributed by atoms with Crippen molar-refractivity contribution in [3.05, 3.63) is 29.8 Å². The minimum atomic E-state index is -2.16. The Morgan fingerprint density at radius 3 is 1.94 bits per heavy atom. The summed E-state index contributed by atoms with van der Waals surface area (Å²) in [5, 5.41) is 0. The monoisotopic (exact) mass is 290 g/mol. The Morgan fingerprint density at radius 2 is 1.59 bits per heavy atom. The fraction of sp³-hybridized carbons (Fsp3) is 0.538. The van der Waals surface area contributed by atoms with Gasteiger partial charge in [0.1, 0.15) is 11.4 Å². The lowest BCUT2D eigenvalue weighted by Gasteiger charge is -2.23. The highest BCUT2D eigenvalue weighted by molar-refractivity contribution is 7.45. The highest BCUT2D eigenvalue weighted by Crippen LogP contribution is 2.33. The third kappa shape index (κ3) is 4.90. The van der Waals surface area contributed by atoms with E-state index in [-0.39, 0.29) is 11.1 Å². The van der Waals surface area contributed by atoms with Gasteiger partial charge in [0.05, 0.1) is 0 Å². The van der Waals surface area contributed by atoms with Crippen LogP contribution in [0.5, 0.6) is 5.75 Å². The second-order valence-corrected chi connectivity index (χ2v) is 13.5. The topological polar surface area (TPSA) is 9.23 Å². The zero-order valence-electron chi connectivity index (χ0n) is 11.1. The van der Waals surface area contributed by atoms with Crippen molar-refractivity contribution in [2.75, 3.05) is 0 Å². The molecule has 96 valence electrons. The van der Waals surface area contributed by atoms with Crippen LogP contribution in [0.4, 0.5) is 0 Å². The van der Waals surface area contributed by atoms with Gasteiger partial charge in [-0.3, -0.25) is 0 Å². The zero-order valence-corrected chi connectivity index (χ0v) is 13.6. The van der Waals surface area contributed by atoms with E-state index in [1.807, 2.05) is 51.6 Å². The smallest absolute Gasteiger partial charge is 0.255 e. The van der Waals surface area contributed by atoms with E-state index in [1.165, 1.54) is 5.56 Å². The molecule has 4 heteroatoms. The number of ether oxygens (including phenoxy) is 1. The lowest BCUT2D eigenvalue weighted by atomic mass is 10.1. The number of benzene rings is 1. The van der Waals surface area contributed by atoms with Gasteiger partial charge in [-0.15, -0.1) is 22.2 Å². The highest BCUT2D eigenvalue weighted by Gasteiger charge is 2.30. The van der Waals surface area contributed by atoms with Crippen LogP contribution < -0.4 is 4.74 Å². The Hall–Kier alpha value is -0.183. The van der Waals surface area contributed by atoms with Crippen molar-refractivity contribution in [3.63, 3.8) is 0 Å². The second kappa shape index (κ2) is 5.21. The summed E-state index contributed by atoms with van der Waals surface area (Å²) in [6.45, 7) is 7.96. The van der Waals surface area contributed by atoms with Gasteiger partial charge in [-0.1, -0.05) is 19.1 Å². The summed E-state index contributed by atoms with van der Waals surface area (Å²) in [6, 6.07) is 8.04. The summed E-state index contributed by atoms with van der Waals surface area (Å²) in [6.07, 6.45) is 0. The Labute approximate surface area is 114 Å². The van der Waals surface area contributed by atoms with Gasteiger partial charge in [-0.25, -0.2) is 0 Å². The quantitative estimate of drug-likeness (QED) is 0.559. The molecule has 1 unspecified atom stereocenters. The van der Waals surface area contributed by atoms with Gasteiger partial charge in [0, 0.05) is 5.54 Å². The summed E-state index contributed by atoms with van der Waals surface area (Å²) in [4.78, 5) is 0. The van der Waals surface area contributed by atoms with Crippen LogP contribution in [0.1, 0.15) is 38.8 Å². The second-order valence-electron chi connectivity index (χ2n) is 5.46. The van der Waals surface area contributed by atoms with E-state index in [4.69, 9.17) is 26.9 Å². The largest absolute Gasteiger partial charge is 0.488 e. The molecule has 1 aromatic rings. The Bertz CT molecular complexity index is 362. The molecule has 1 aromatic carbocycles. The van der Waals surface area contributed by atoms with Crippen molar-refractivity contribution in [3.8, 4) is 5.75 Å². The lowest BCUT2D eigenvalue weighted by molar-refractivity contribution is 0.131. The first kappa shape index (κ1) is 14.9. The van der Waals surface area contributed by atoms with Gasteiger partial charge in [-0.2, -0.15) is 0 Å². The predicted molar refractivity (Wildman–Crippen MR) is 78.6 cm³/mol. The predicted octanol–water partition coefficient (Wildman–Crippen LogP) is 5.06. The molecule has 0 saturated heterocycles. The first-order valence-corrected chi connectivity index (χ1v) is 10.4. The minimum absolute atomic E-state index is 0.171. The summed E-state index contributed by atoms with van der Waals surface area (Å²) < 4.78 is 5.77. The first-order valence-electron chi connectivity index (χ1n) is 5.76. The van der Waals surface area contributed by atoms with Crippen molar-refractivity contribution < 1.29 is 4.74 Å². The average Bonchev–Trinajstić information content (AvgIpc) is 2.14. The molecule has 0 heterocycles. The van der Waals surface area contributed by atoms with Gasteiger partial charge >= 0.3 is 0 Å². The van der Waals surface area contributed by atoms with Crippen molar-refractivity contribution >= 4 is 28.9 Å². The molecule has 17 heavy (non-hydrogen) atoms. The molecule has 1 atom stereocenters. The Morgan fingerprint density at radius 1 is 1.12 bits per heavy atom. The third-order valence-electron chi connectivity index (χ3n) is 2.56. The van der Waals surface area contributed by atoms with E-state index >= 15 is 0 Å². The molecular formula is C13H20Cl2OSi. The summed E-state index contributed by atoms with van der Waals surface area (Å²) in [5.74, 6) is 0.876. The van der Waals surface area contributed by atoms with Crippen LogP contribution >= 0.6 is 22.2 Å². The van der Waals surface area contributed by atoms with Gasteiger partial charge in [-0.05, 0) is 45.0 Å². The molecule has 0 aliphatic carbocycles. The standard InChI is InChI=1S/C13H20Cl2OSi/c1-10(17(5,14)15)11-6-8-12(9-7-11)16-13(2,3)4/h6-10H,1-5H3. The summed E-state index contributed by atoms with van der Waals surface area (Å²) in [5.41, 5.74) is 1.22. The van der Waals surface area contributed by atoms with E-state index in [9.17, 15) is 0 Å². The SMILES string of the molecule is CC(c1ccc(OC(C)(C)C)cc1)[Si](C)(Cl)Cl. The maximum atomic E-state index is 6.24. The maximum absolute atomic E-state index is 6.24. The van der Waals surface area contributed by atoms with Crippen LogP contribution in [-0.2, 0) is 0 Å². The first-order chi connectivity index (χ1) is 7.59. The maximum Gasteiger partial charge on any atom is 0.255 e. The normalized spacial score (nSPS) is 14.5. The molecule has 0 bridgehead atoms. The number of hydrogen-bond donors (Lipinski definition) is 0. The van der Waals surface area contributed by atoms with Crippen molar-refractivity contribution in [1.82, 2.24) is 0 Å². The molecule has 0 aromatic heterocycles. The van der Waals surface area contributed by atoms with E-state index in [1.54, 1.807) is 0 Å². The van der Waals surface area contributed by atoms with Crippen LogP contribution in [0.3, 0.4) is 0 Å². The molecule has 0 N–H and O–H groups in total. The van der Waals surface area contributed by atoms with Crippen molar-refractivity contribution in [2.24, 2.45) is 0 Å². The van der Waals surface area contributed by atoms with Crippen LogP contribution in [0.15, 0.2) is 24.3 Å². The fourth-order valence-corrected chi connectivity index (χ4v) is 3.00. The number of hydrogen-bond acceptors (Lipinski definition) is 1. The van der Waals surface area contributed by atoms with Gasteiger partial charge < -0.3 is 4.74 Å². The molecule has 0 aliphatic heterocycles. The highest BCUT2D eigenvalue weighted by atomic mass is 35.7. The van der Waals surface area contributed by atoms with E-state index < -0.39 is 6.69 Å². The summed E-state index contributed by atoms with van der Waals surface area (Å²) >= 11 is 12.5. The minimum Gasteiger partial charge on any atom is -0.488 e. The molecule has 1 rings (SSSR count). The summed E-state index contributed by atoms with van der Waals surface area (Å²) in [7, 11) is 0. The lowest BCUT2D eigenvalue weighted by Crippen LogP contribution is -2.24. The molecule has 0 aliphatic rings. The van der Waals surface area contributed by atoms with Gasteiger partial charge in [0.15, 0.2) is 0 Å². The van der Waals surface area contributed by atoms with Crippen LogP contribution in [0.2, 0.25) is 6.55 Å². The number of rotatable bonds is 3. The van der Waals surface area contributed by atoms with Crippen molar-refractivity contribution in [2.45, 2.75) is 45.4 Å².